The number of carbonyl (C=O) groups excluding carboxylic acids is 1. The van der Waals surface area contributed by atoms with Crippen LogP contribution in [0.1, 0.15) is 22.0 Å². The van der Waals surface area contributed by atoms with Gasteiger partial charge in [0.05, 0.1) is 16.6 Å². The molecule has 0 saturated carbocycles. The fourth-order valence-electron chi connectivity index (χ4n) is 4.31. The molecule has 4 rings (SSSR count). The van der Waals surface area contributed by atoms with Crippen molar-refractivity contribution in [1.29, 1.82) is 0 Å². The molecule has 172 valence electrons. The third kappa shape index (κ3) is 5.67. The highest BCUT2D eigenvalue weighted by molar-refractivity contribution is 6.33. The average Bonchev–Trinajstić information content (AvgIpc) is 2.85. The van der Waals surface area contributed by atoms with Crippen LogP contribution in [0.3, 0.4) is 0 Å². The van der Waals surface area contributed by atoms with Crippen LogP contribution in [-0.2, 0) is 0 Å². The fourth-order valence-corrected chi connectivity index (χ4v) is 4.53. The number of piperazine rings is 1. The van der Waals surface area contributed by atoms with Gasteiger partial charge >= 0.3 is 0 Å². The van der Waals surface area contributed by atoms with Crippen LogP contribution in [-0.4, -0.2) is 57.6 Å². The normalized spacial score (nSPS) is 15.2. The number of carbonyl (C=O) groups is 1. The van der Waals surface area contributed by atoms with Crippen molar-refractivity contribution in [1.82, 2.24) is 10.2 Å². The minimum Gasteiger partial charge on any atom is -0.378 e. The van der Waals surface area contributed by atoms with E-state index in [0.717, 1.165) is 31.9 Å². The van der Waals surface area contributed by atoms with Gasteiger partial charge in [-0.05, 0) is 42.0 Å². The molecule has 0 spiro atoms. The van der Waals surface area contributed by atoms with E-state index >= 15 is 0 Å². The fraction of sp³-hybridized carbons (Fsp3) is 0.296. The Morgan fingerprint density at radius 2 is 1.55 bits per heavy atom. The van der Waals surface area contributed by atoms with Gasteiger partial charge in [-0.2, -0.15) is 0 Å². The second kappa shape index (κ2) is 10.7. The van der Waals surface area contributed by atoms with Crippen molar-refractivity contribution < 1.29 is 4.79 Å². The molecule has 6 heteroatoms. The van der Waals surface area contributed by atoms with Gasteiger partial charge in [0.2, 0.25) is 0 Å². The molecule has 1 aliphatic heterocycles. The van der Waals surface area contributed by atoms with Gasteiger partial charge in [-0.25, -0.2) is 0 Å². The zero-order chi connectivity index (χ0) is 23.2. The van der Waals surface area contributed by atoms with E-state index in [1.54, 1.807) is 12.1 Å². The highest BCUT2D eigenvalue weighted by Gasteiger charge is 2.26. The van der Waals surface area contributed by atoms with Crippen molar-refractivity contribution in [3.05, 3.63) is 95.0 Å². The largest absolute Gasteiger partial charge is 0.378 e. The van der Waals surface area contributed by atoms with Gasteiger partial charge in [0.1, 0.15) is 0 Å². The summed E-state index contributed by atoms with van der Waals surface area (Å²) < 4.78 is 0. The number of halogens is 1. The van der Waals surface area contributed by atoms with Crippen LogP contribution in [0.25, 0.3) is 0 Å². The Balaban J connectivity index is 1.49. The minimum absolute atomic E-state index is 0.0885. The van der Waals surface area contributed by atoms with Crippen molar-refractivity contribution in [2.45, 2.75) is 6.04 Å². The van der Waals surface area contributed by atoms with E-state index in [1.165, 1.54) is 11.3 Å². The van der Waals surface area contributed by atoms with Gasteiger partial charge in [0.15, 0.2) is 0 Å². The van der Waals surface area contributed by atoms with E-state index in [0.29, 0.717) is 17.1 Å². The van der Waals surface area contributed by atoms with Gasteiger partial charge in [0, 0.05) is 58.2 Å². The molecule has 1 atom stereocenters. The molecule has 1 aliphatic rings. The number of benzene rings is 3. The first-order chi connectivity index (χ1) is 16.0. The van der Waals surface area contributed by atoms with E-state index in [-0.39, 0.29) is 11.9 Å². The minimum atomic E-state index is -0.140. The van der Waals surface area contributed by atoms with E-state index in [4.69, 9.17) is 11.6 Å². The second-order valence-corrected chi connectivity index (χ2v) is 8.96. The lowest BCUT2D eigenvalue weighted by Gasteiger charge is -2.40. The molecular weight excluding hydrogens is 432 g/mol. The smallest absolute Gasteiger partial charge is 0.252 e. The molecule has 0 bridgehead atoms. The van der Waals surface area contributed by atoms with Crippen molar-refractivity contribution >= 4 is 28.9 Å². The van der Waals surface area contributed by atoms with E-state index in [9.17, 15) is 4.79 Å². The zero-order valence-electron chi connectivity index (χ0n) is 19.2. The van der Waals surface area contributed by atoms with Gasteiger partial charge in [-0.1, -0.05) is 54.1 Å². The van der Waals surface area contributed by atoms with Gasteiger partial charge in [-0.15, -0.1) is 0 Å². The number of nitrogens with zero attached hydrogens (tertiary/aromatic N) is 3. The molecule has 0 unspecified atom stereocenters. The predicted octanol–water partition coefficient (Wildman–Crippen LogP) is 4.70. The summed E-state index contributed by atoms with van der Waals surface area (Å²) in [6.45, 7) is 4.29. The standard InChI is InChI=1S/C27H31ClN4O/c1-30(2)22-14-12-21(13-15-22)26(20-29-27(33)24-10-6-7-11-25(24)28)32-18-16-31(17-19-32)23-8-4-3-5-9-23/h3-15,26H,16-20H2,1-2H3,(H,29,33)/t26-/m1/s1. The maximum atomic E-state index is 12.8. The first kappa shape index (κ1) is 23.1. The Kier molecular flexibility index (Phi) is 7.53. The van der Waals surface area contributed by atoms with Crippen LogP contribution in [0.2, 0.25) is 5.02 Å². The molecule has 3 aromatic carbocycles. The summed E-state index contributed by atoms with van der Waals surface area (Å²) >= 11 is 6.24. The topological polar surface area (TPSA) is 38.8 Å². The Morgan fingerprint density at radius 3 is 2.18 bits per heavy atom. The number of anilines is 2. The van der Waals surface area contributed by atoms with Gasteiger partial charge in [0.25, 0.3) is 5.91 Å². The molecule has 1 amide bonds. The third-order valence-electron chi connectivity index (χ3n) is 6.25. The second-order valence-electron chi connectivity index (χ2n) is 8.55. The molecule has 0 radical (unpaired) electrons. The van der Waals surface area contributed by atoms with E-state index in [2.05, 4.69) is 74.6 Å². The molecule has 33 heavy (non-hydrogen) atoms. The molecule has 1 heterocycles. The first-order valence-corrected chi connectivity index (χ1v) is 11.7. The lowest BCUT2D eigenvalue weighted by molar-refractivity contribution is 0.0930. The molecule has 1 fully saturated rings. The quantitative estimate of drug-likeness (QED) is 0.552. The number of hydrogen-bond donors (Lipinski definition) is 1. The predicted molar refractivity (Wildman–Crippen MR) is 138 cm³/mol. The van der Waals surface area contributed by atoms with Gasteiger partial charge in [-0.3, -0.25) is 9.69 Å². The van der Waals surface area contributed by atoms with Gasteiger partial charge < -0.3 is 15.1 Å². The molecule has 0 aliphatic carbocycles. The number of amides is 1. The molecule has 5 nitrogen and oxygen atoms in total. The molecular formula is C27H31ClN4O. The molecule has 0 aromatic heterocycles. The summed E-state index contributed by atoms with van der Waals surface area (Å²) in [4.78, 5) is 19.8. The summed E-state index contributed by atoms with van der Waals surface area (Å²) in [7, 11) is 4.08. The van der Waals surface area contributed by atoms with E-state index < -0.39 is 0 Å². The molecule has 1 N–H and O–H groups in total. The number of hydrogen-bond acceptors (Lipinski definition) is 4. The Hall–Kier alpha value is -3.02. The lowest BCUT2D eigenvalue weighted by atomic mass is 10.0. The summed E-state index contributed by atoms with van der Waals surface area (Å²) in [6.07, 6.45) is 0. The van der Waals surface area contributed by atoms with Crippen LogP contribution in [0, 0.1) is 0 Å². The van der Waals surface area contributed by atoms with E-state index in [1.807, 2.05) is 26.2 Å². The van der Waals surface area contributed by atoms with Crippen molar-refractivity contribution in [3.8, 4) is 0 Å². The van der Waals surface area contributed by atoms with Crippen molar-refractivity contribution in [3.63, 3.8) is 0 Å². The van der Waals surface area contributed by atoms with Crippen molar-refractivity contribution in [2.75, 3.05) is 56.6 Å². The maximum absolute atomic E-state index is 12.8. The lowest BCUT2D eigenvalue weighted by Crippen LogP contribution is -2.50. The molecule has 1 saturated heterocycles. The highest BCUT2D eigenvalue weighted by Crippen LogP contribution is 2.26. The summed E-state index contributed by atoms with van der Waals surface area (Å²) in [5.74, 6) is -0.140. The van der Waals surface area contributed by atoms with Crippen molar-refractivity contribution in [2.24, 2.45) is 0 Å². The van der Waals surface area contributed by atoms with Crippen LogP contribution >= 0.6 is 11.6 Å². The first-order valence-electron chi connectivity index (χ1n) is 11.4. The Labute approximate surface area is 201 Å². The van der Waals surface area contributed by atoms with Crippen LogP contribution in [0.5, 0.6) is 0 Å². The SMILES string of the molecule is CN(C)c1ccc([C@@H](CNC(=O)c2ccccc2Cl)N2CCN(c3ccccc3)CC2)cc1. The highest BCUT2D eigenvalue weighted by atomic mass is 35.5. The van der Waals surface area contributed by atoms with Crippen LogP contribution < -0.4 is 15.1 Å². The van der Waals surface area contributed by atoms with Crippen LogP contribution in [0.15, 0.2) is 78.9 Å². The maximum Gasteiger partial charge on any atom is 0.252 e. The average molecular weight is 463 g/mol. The van der Waals surface area contributed by atoms with Crippen LogP contribution in [0.4, 0.5) is 11.4 Å². The summed E-state index contributed by atoms with van der Waals surface area (Å²) in [5.41, 5.74) is 4.13. The number of nitrogens with one attached hydrogen (secondary N) is 1. The monoisotopic (exact) mass is 462 g/mol. The zero-order valence-corrected chi connectivity index (χ0v) is 20.0. The summed E-state index contributed by atoms with van der Waals surface area (Å²) in [5, 5.41) is 3.60. The third-order valence-corrected chi connectivity index (χ3v) is 6.57. The molecule has 3 aromatic rings. The number of para-hydroxylation sites is 1. The summed E-state index contributed by atoms with van der Waals surface area (Å²) in [6, 6.07) is 26.4. The Morgan fingerprint density at radius 1 is 0.909 bits per heavy atom. The number of rotatable bonds is 7. The Bertz CT molecular complexity index is 1050.